The fourth-order valence-electron chi connectivity index (χ4n) is 0.855. The van der Waals surface area contributed by atoms with Gasteiger partial charge in [0.25, 0.3) is 0 Å². The Labute approximate surface area is 78.5 Å². The Morgan fingerprint density at radius 2 is 2.31 bits per heavy atom. The van der Waals surface area contributed by atoms with Gasteiger partial charge in [-0.3, -0.25) is 0 Å². The van der Waals surface area contributed by atoms with Crippen LogP contribution in [-0.2, 0) is 0 Å². The molecule has 0 aromatic carbocycles. The molecule has 0 radical (unpaired) electrons. The third kappa shape index (κ3) is 2.22. The average molecular weight is 175 g/mol. The molecule has 0 aliphatic rings. The van der Waals surface area contributed by atoms with Crippen molar-refractivity contribution in [1.82, 2.24) is 0 Å². The summed E-state index contributed by atoms with van der Waals surface area (Å²) in [5.74, 6) is 0.792. The van der Waals surface area contributed by atoms with Crippen molar-refractivity contribution in [2.45, 2.75) is 20.8 Å². The predicted octanol–water partition coefficient (Wildman–Crippen LogP) is 3.23. The Bertz CT molecular complexity index is 339. The molecule has 0 unspecified atom stereocenters. The summed E-state index contributed by atoms with van der Waals surface area (Å²) >= 11 is 0. The van der Waals surface area contributed by atoms with Crippen LogP contribution in [0.5, 0.6) is 0 Å². The lowest BCUT2D eigenvalue weighted by Crippen LogP contribution is -2.08. The first kappa shape index (κ1) is 9.60. The molecular formula is C11H13NO. The molecule has 1 aromatic heterocycles. The van der Waals surface area contributed by atoms with Gasteiger partial charge in [0.2, 0.25) is 0 Å². The third-order valence-electron chi connectivity index (χ3n) is 2.17. The van der Waals surface area contributed by atoms with Gasteiger partial charge in [0.1, 0.15) is 5.76 Å². The van der Waals surface area contributed by atoms with Gasteiger partial charge in [-0.25, -0.2) is 0 Å². The summed E-state index contributed by atoms with van der Waals surface area (Å²) in [6, 6.07) is 5.95. The van der Waals surface area contributed by atoms with Crippen molar-refractivity contribution in [3.05, 3.63) is 29.7 Å². The van der Waals surface area contributed by atoms with Crippen molar-refractivity contribution in [3.8, 4) is 6.07 Å². The second-order valence-electron chi connectivity index (χ2n) is 3.58. The van der Waals surface area contributed by atoms with Gasteiger partial charge in [-0.2, -0.15) is 5.26 Å². The van der Waals surface area contributed by atoms with E-state index in [0.29, 0.717) is 0 Å². The molecular weight excluding hydrogens is 162 g/mol. The number of allylic oxidation sites excluding steroid dienone is 1. The Kier molecular flexibility index (Phi) is 2.57. The second kappa shape index (κ2) is 3.49. The molecule has 13 heavy (non-hydrogen) atoms. The van der Waals surface area contributed by atoms with Crippen molar-refractivity contribution >= 4 is 6.08 Å². The monoisotopic (exact) mass is 175 g/mol. The summed E-state index contributed by atoms with van der Waals surface area (Å²) in [5, 5.41) is 8.87. The number of nitrogens with zero attached hydrogens (tertiary/aromatic N) is 1. The molecule has 1 aromatic rings. The normalized spacial score (nSPS) is 12.6. The number of nitriles is 1. The number of furan rings is 1. The topological polar surface area (TPSA) is 36.9 Å². The molecule has 0 aliphatic carbocycles. The van der Waals surface area contributed by atoms with E-state index in [2.05, 4.69) is 6.07 Å². The number of hydrogen-bond donors (Lipinski definition) is 0. The van der Waals surface area contributed by atoms with Gasteiger partial charge >= 0.3 is 0 Å². The van der Waals surface area contributed by atoms with Gasteiger partial charge in [0.15, 0.2) is 0 Å². The molecule has 2 heteroatoms. The van der Waals surface area contributed by atoms with Gasteiger partial charge in [-0.1, -0.05) is 5.57 Å². The van der Waals surface area contributed by atoms with Gasteiger partial charge < -0.3 is 4.42 Å². The molecule has 0 fully saturated rings. The summed E-state index contributed by atoms with van der Waals surface area (Å²) in [6.07, 6.45) is 3.52. The van der Waals surface area contributed by atoms with Crippen LogP contribution in [0.2, 0.25) is 0 Å². The zero-order valence-electron chi connectivity index (χ0n) is 8.16. The average Bonchev–Trinajstić information content (AvgIpc) is 2.57. The minimum atomic E-state index is -0.424. The van der Waals surface area contributed by atoms with E-state index in [0.717, 1.165) is 11.3 Å². The molecule has 0 aliphatic heterocycles. The Morgan fingerprint density at radius 1 is 1.62 bits per heavy atom. The summed E-state index contributed by atoms with van der Waals surface area (Å²) in [5.41, 5.74) is 0.581. The summed E-state index contributed by atoms with van der Waals surface area (Å²) in [4.78, 5) is 0. The zero-order valence-corrected chi connectivity index (χ0v) is 8.16. The Balaban J connectivity index is 2.92. The highest BCUT2D eigenvalue weighted by Crippen LogP contribution is 2.26. The highest BCUT2D eigenvalue weighted by atomic mass is 16.3. The molecule has 0 spiro atoms. The summed E-state index contributed by atoms with van der Waals surface area (Å²) < 4.78 is 5.16. The molecule has 2 nitrogen and oxygen atoms in total. The first-order valence-electron chi connectivity index (χ1n) is 4.20. The minimum Gasteiger partial charge on any atom is -0.465 e. The minimum absolute atomic E-state index is 0.424. The van der Waals surface area contributed by atoms with Crippen LogP contribution in [0.1, 0.15) is 26.5 Å². The highest BCUT2D eigenvalue weighted by Gasteiger charge is 2.18. The van der Waals surface area contributed by atoms with E-state index in [-0.39, 0.29) is 0 Å². The van der Waals surface area contributed by atoms with Crippen LogP contribution in [0, 0.1) is 16.7 Å². The predicted molar refractivity (Wildman–Crippen MR) is 51.8 cm³/mol. The van der Waals surface area contributed by atoms with E-state index in [1.165, 1.54) is 0 Å². The maximum Gasteiger partial charge on any atom is 0.126 e. The van der Waals surface area contributed by atoms with Crippen LogP contribution >= 0.6 is 0 Å². The second-order valence-corrected chi connectivity index (χ2v) is 3.58. The molecule has 0 saturated heterocycles. The largest absolute Gasteiger partial charge is 0.465 e. The van der Waals surface area contributed by atoms with E-state index in [4.69, 9.17) is 9.68 Å². The van der Waals surface area contributed by atoms with Gasteiger partial charge in [0.05, 0.1) is 17.7 Å². The SMILES string of the molecule is C/C(=C\c1ccco1)C(C)(C)C#N. The number of rotatable bonds is 2. The molecule has 0 bridgehead atoms. The van der Waals surface area contributed by atoms with Crippen molar-refractivity contribution < 1.29 is 4.42 Å². The number of hydrogen-bond acceptors (Lipinski definition) is 2. The third-order valence-corrected chi connectivity index (χ3v) is 2.17. The molecule has 0 amide bonds. The van der Waals surface area contributed by atoms with E-state index in [9.17, 15) is 0 Å². The van der Waals surface area contributed by atoms with Crippen molar-refractivity contribution in [1.29, 1.82) is 5.26 Å². The molecule has 0 N–H and O–H groups in total. The maximum absolute atomic E-state index is 8.87. The fraction of sp³-hybridized carbons (Fsp3) is 0.364. The Hall–Kier alpha value is -1.49. The van der Waals surface area contributed by atoms with Gasteiger partial charge in [0, 0.05) is 0 Å². The van der Waals surface area contributed by atoms with Crippen LogP contribution < -0.4 is 0 Å². The van der Waals surface area contributed by atoms with Crippen LogP contribution in [-0.4, -0.2) is 0 Å². The van der Waals surface area contributed by atoms with Crippen molar-refractivity contribution in [3.63, 3.8) is 0 Å². The lowest BCUT2D eigenvalue weighted by molar-refractivity contribution is 0.551. The van der Waals surface area contributed by atoms with Crippen molar-refractivity contribution in [2.75, 3.05) is 0 Å². The zero-order chi connectivity index (χ0) is 9.90. The standard InChI is InChI=1S/C11H13NO/c1-9(11(2,3)8-12)7-10-5-4-6-13-10/h4-7H,1-3H3/b9-7+. The van der Waals surface area contributed by atoms with Crippen LogP contribution in [0.4, 0.5) is 0 Å². The molecule has 0 saturated carbocycles. The Morgan fingerprint density at radius 3 is 2.77 bits per heavy atom. The highest BCUT2D eigenvalue weighted by molar-refractivity contribution is 5.49. The van der Waals surface area contributed by atoms with Crippen LogP contribution in [0.15, 0.2) is 28.4 Å². The smallest absolute Gasteiger partial charge is 0.126 e. The van der Waals surface area contributed by atoms with E-state index in [1.54, 1.807) is 6.26 Å². The fourth-order valence-corrected chi connectivity index (χ4v) is 0.855. The summed E-state index contributed by atoms with van der Waals surface area (Å²) in [7, 11) is 0. The van der Waals surface area contributed by atoms with Crippen LogP contribution in [0.3, 0.4) is 0 Å². The molecule has 1 heterocycles. The summed E-state index contributed by atoms with van der Waals surface area (Å²) in [6.45, 7) is 5.72. The van der Waals surface area contributed by atoms with Gasteiger partial charge in [-0.05, 0) is 39.0 Å². The van der Waals surface area contributed by atoms with E-state index >= 15 is 0 Å². The first-order chi connectivity index (χ1) is 6.06. The lowest BCUT2D eigenvalue weighted by atomic mass is 9.86. The van der Waals surface area contributed by atoms with Crippen LogP contribution in [0.25, 0.3) is 6.08 Å². The van der Waals surface area contributed by atoms with E-state index < -0.39 is 5.41 Å². The lowest BCUT2D eigenvalue weighted by Gasteiger charge is -2.15. The first-order valence-corrected chi connectivity index (χ1v) is 4.20. The molecule has 68 valence electrons. The van der Waals surface area contributed by atoms with E-state index in [1.807, 2.05) is 39.0 Å². The maximum atomic E-state index is 8.87. The van der Waals surface area contributed by atoms with Gasteiger partial charge in [-0.15, -0.1) is 0 Å². The molecule has 1 rings (SSSR count). The quantitative estimate of drug-likeness (QED) is 0.691. The molecule has 0 atom stereocenters. The van der Waals surface area contributed by atoms with Crippen molar-refractivity contribution in [2.24, 2.45) is 5.41 Å².